The maximum absolute atomic E-state index is 11.2. The van der Waals surface area contributed by atoms with Crippen molar-refractivity contribution in [3.63, 3.8) is 0 Å². The van der Waals surface area contributed by atoms with Gasteiger partial charge in [0.05, 0.1) is 0 Å². The Morgan fingerprint density at radius 2 is 1.65 bits per heavy atom. The molecule has 0 saturated carbocycles. The van der Waals surface area contributed by atoms with Crippen LogP contribution in [0.15, 0.2) is 54.6 Å². The van der Waals surface area contributed by atoms with Crippen LogP contribution in [-0.4, -0.2) is 22.9 Å². The van der Waals surface area contributed by atoms with Crippen LogP contribution in [0.3, 0.4) is 0 Å². The van der Waals surface area contributed by atoms with Crippen LogP contribution in [0.25, 0.3) is 0 Å². The Morgan fingerprint density at radius 3 is 2.24 bits per heavy atom. The molecule has 2 aromatic rings. The Balaban J connectivity index is 2.24. The monoisotopic (exact) mass is 308 g/mol. The van der Waals surface area contributed by atoms with Gasteiger partial charge in [-0.3, -0.25) is 0 Å². The van der Waals surface area contributed by atoms with Gasteiger partial charge in [0.25, 0.3) is 0 Å². The molecule has 2 aromatic carbocycles. The fraction of sp³-hybridized carbons (Fsp3) is 0.0714. The topological polar surface area (TPSA) is 17.1 Å². The average Bonchev–Trinajstić information content (AvgIpc) is 2.38. The van der Waals surface area contributed by atoms with Gasteiger partial charge in [-0.05, 0) is 0 Å². The van der Waals surface area contributed by atoms with E-state index in [1.54, 1.807) is 0 Å². The fourth-order valence-corrected chi connectivity index (χ4v) is 3.99. The molecule has 0 heterocycles. The van der Waals surface area contributed by atoms with Gasteiger partial charge in [0, 0.05) is 0 Å². The minimum absolute atomic E-state index is 0.100. The molecule has 0 aromatic heterocycles. The third-order valence-corrected chi connectivity index (χ3v) is 5.51. The maximum atomic E-state index is 11.2. The van der Waals surface area contributed by atoms with Crippen molar-refractivity contribution in [2.75, 3.05) is 0 Å². The first-order chi connectivity index (χ1) is 8.29. The van der Waals surface area contributed by atoms with Gasteiger partial charge < -0.3 is 0 Å². The third-order valence-electron chi connectivity index (χ3n) is 2.32. The number of aryl methyl sites for hydroxylation is 1. The molecule has 0 N–H and O–H groups in total. The van der Waals surface area contributed by atoms with Crippen molar-refractivity contribution >= 4 is 34.4 Å². The van der Waals surface area contributed by atoms with Crippen molar-refractivity contribution in [3.05, 3.63) is 65.7 Å². The van der Waals surface area contributed by atoms with Crippen LogP contribution >= 0.6 is 0 Å². The van der Waals surface area contributed by atoms with E-state index in [1.165, 1.54) is 10.0 Å². The molecule has 0 fully saturated rings. The van der Waals surface area contributed by atoms with Crippen molar-refractivity contribution in [2.24, 2.45) is 0 Å². The van der Waals surface area contributed by atoms with Crippen LogP contribution in [0.5, 0.6) is 0 Å². The van der Waals surface area contributed by atoms with Gasteiger partial charge in [-0.15, -0.1) is 0 Å². The molecule has 86 valence electrons. The van der Waals surface area contributed by atoms with Crippen LogP contribution in [-0.2, 0) is 11.3 Å². The van der Waals surface area contributed by atoms with Gasteiger partial charge in [-0.2, -0.15) is 0 Å². The molecule has 0 amide bonds. The van der Waals surface area contributed by atoms with Gasteiger partial charge in [-0.1, -0.05) is 0 Å². The van der Waals surface area contributed by atoms with E-state index >= 15 is 0 Å². The van der Waals surface area contributed by atoms with Crippen LogP contribution in [0.1, 0.15) is 11.1 Å². The molecule has 0 bridgehead atoms. The zero-order chi connectivity index (χ0) is 12.1. The molecule has 1 nitrogen and oxygen atoms in total. The zero-order valence-corrected chi connectivity index (χ0v) is 12.0. The van der Waals surface area contributed by atoms with Crippen molar-refractivity contribution in [2.45, 2.75) is 6.92 Å². The molecular formula is C14H12OSSe. The van der Waals surface area contributed by atoms with Gasteiger partial charge in [0.2, 0.25) is 0 Å². The Morgan fingerprint density at radius 1 is 1.00 bits per heavy atom. The Kier molecular flexibility index (Phi) is 4.32. The summed E-state index contributed by atoms with van der Waals surface area (Å²) in [6, 6.07) is 18.3. The van der Waals surface area contributed by atoms with Crippen molar-refractivity contribution in [1.29, 1.82) is 0 Å². The standard InChI is InChI=1S/C14H12OSSe/c1-11-7-9-12(10-8-11)14(16-15)17-13-5-3-2-4-6-13/h2-10H,1H3. The van der Waals surface area contributed by atoms with Gasteiger partial charge in [0.15, 0.2) is 0 Å². The fourth-order valence-electron chi connectivity index (χ4n) is 1.41. The second-order valence-electron chi connectivity index (χ2n) is 3.65. The number of hydrogen-bond acceptors (Lipinski definition) is 1. The Bertz CT molecular complexity index is 542. The van der Waals surface area contributed by atoms with Crippen LogP contribution in [0.2, 0.25) is 0 Å². The van der Waals surface area contributed by atoms with E-state index in [2.05, 4.69) is 19.1 Å². The molecule has 0 aliphatic carbocycles. The van der Waals surface area contributed by atoms with E-state index in [-0.39, 0.29) is 15.0 Å². The van der Waals surface area contributed by atoms with Crippen LogP contribution in [0, 0.1) is 6.92 Å². The summed E-state index contributed by atoms with van der Waals surface area (Å²) in [5.41, 5.74) is 2.27. The molecule has 0 saturated heterocycles. The summed E-state index contributed by atoms with van der Waals surface area (Å²) >= 11 is 0.718. The van der Waals surface area contributed by atoms with E-state index < -0.39 is 0 Å². The molecule has 0 spiro atoms. The van der Waals surface area contributed by atoms with Gasteiger partial charge >= 0.3 is 111 Å². The summed E-state index contributed by atoms with van der Waals surface area (Å²) in [5, 5.41) is 0. The predicted octanol–water partition coefficient (Wildman–Crippen LogP) is 1.72. The normalized spacial score (nSPS) is 9.94. The summed E-state index contributed by atoms with van der Waals surface area (Å²) in [7, 11) is 0. The zero-order valence-electron chi connectivity index (χ0n) is 9.42. The first kappa shape index (κ1) is 12.3. The Hall–Kier alpha value is -1.15. The van der Waals surface area contributed by atoms with Gasteiger partial charge in [-0.25, -0.2) is 0 Å². The van der Waals surface area contributed by atoms with Crippen molar-refractivity contribution < 1.29 is 4.21 Å². The molecule has 0 aliphatic heterocycles. The van der Waals surface area contributed by atoms with E-state index in [0.29, 0.717) is 11.3 Å². The van der Waals surface area contributed by atoms with Crippen molar-refractivity contribution in [3.8, 4) is 0 Å². The molecule has 3 heteroatoms. The van der Waals surface area contributed by atoms with Crippen molar-refractivity contribution in [1.82, 2.24) is 0 Å². The molecule has 0 atom stereocenters. The number of rotatable bonds is 3. The average molecular weight is 307 g/mol. The molecule has 0 unspecified atom stereocenters. The van der Waals surface area contributed by atoms with Crippen LogP contribution < -0.4 is 4.46 Å². The quantitative estimate of drug-likeness (QED) is 0.623. The van der Waals surface area contributed by atoms with E-state index in [4.69, 9.17) is 0 Å². The summed E-state index contributed by atoms with van der Waals surface area (Å²) in [4.78, 5) is 0. The number of benzene rings is 2. The number of hydrogen-bond donors (Lipinski definition) is 0. The minimum atomic E-state index is 0.100. The van der Waals surface area contributed by atoms with E-state index in [1.807, 2.05) is 42.5 Å². The SMILES string of the molecule is Cc1ccc(C(=S=O)[Se]c2ccccc2)cc1. The summed E-state index contributed by atoms with van der Waals surface area (Å²) in [6.07, 6.45) is 0. The summed E-state index contributed by atoms with van der Waals surface area (Å²) < 4.78 is 13.4. The Labute approximate surface area is 111 Å². The first-order valence-corrected chi connectivity index (χ1v) is 7.72. The predicted molar refractivity (Wildman–Crippen MR) is 75.3 cm³/mol. The molecule has 17 heavy (non-hydrogen) atoms. The summed E-state index contributed by atoms with van der Waals surface area (Å²) in [6.45, 7) is 2.05. The first-order valence-electron chi connectivity index (χ1n) is 5.26. The van der Waals surface area contributed by atoms with Gasteiger partial charge in [0.1, 0.15) is 0 Å². The third kappa shape index (κ3) is 3.40. The van der Waals surface area contributed by atoms with E-state index in [9.17, 15) is 4.21 Å². The molecule has 0 aliphatic rings. The van der Waals surface area contributed by atoms with Crippen LogP contribution in [0.4, 0.5) is 0 Å². The van der Waals surface area contributed by atoms with E-state index in [0.717, 1.165) is 9.33 Å². The molecular weight excluding hydrogens is 295 g/mol. The molecule has 0 radical (unpaired) electrons. The molecule has 2 rings (SSSR count). The summed E-state index contributed by atoms with van der Waals surface area (Å²) in [5.74, 6) is 0. The second kappa shape index (κ2) is 5.97. The second-order valence-corrected chi connectivity index (χ2v) is 7.08.